The summed E-state index contributed by atoms with van der Waals surface area (Å²) in [4.78, 5) is 11.5. The van der Waals surface area contributed by atoms with Gasteiger partial charge in [-0.25, -0.2) is 4.79 Å². The maximum Gasteiger partial charge on any atom is 0.336 e. The zero-order chi connectivity index (χ0) is 31.2. The highest BCUT2D eigenvalue weighted by Crippen LogP contribution is 2.25. The van der Waals surface area contributed by atoms with Gasteiger partial charge >= 0.3 is 5.63 Å². The summed E-state index contributed by atoms with van der Waals surface area (Å²) >= 11 is 3.34. The van der Waals surface area contributed by atoms with Gasteiger partial charge in [0.05, 0.1) is 5.33 Å². The van der Waals surface area contributed by atoms with Crippen LogP contribution in [0.1, 0.15) is 30.3 Å². The summed E-state index contributed by atoms with van der Waals surface area (Å²) in [6.07, 6.45) is 0. The first-order chi connectivity index (χ1) is 22.0. The van der Waals surface area contributed by atoms with Gasteiger partial charge in [0.2, 0.25) is 0 Å². The molecule has 0 aliphatic rings. The van der Waals surface area contributed by atoms with Crippen molar-refractivity contribution in [2.75, 3.05) is 0 Å². The molecule has 0 saturated carbocycles. The number of halogens is 1. The van der Waals surface area contributed by atoms with E-state index in [4.69, 9.17) is 27.5 Å². The van der Waals surface area contributed by atoms with E-state index >= 15 is 0 Å². The van der Waals surface area contributed by atoms with E-state index < -0.39 is 0 Å². The molecule has 0 aliphatic heterocycles. The molecule has 8 rings (SSSR count). The van der Waals surface area contributed by atoms with Crippen molar-refractivity contribution < 1.29 is 27.5 Å². The normalized spacial score (nSPS) is 10.7. The second kappa shape index (κ2) is 14.8. The number of rotatable bonds is 5. The van der Waals surface area contributed by atoms with Crippen molar-refractivity contribution in [2.45, 2.75) is 32.9 Å². The van der Waals surface area contributed by atoms with Crippen molar-refractivity contribution in [3.8, 4) is 5.75 Å². The molecule has 4 heterocycles. The molecule has 46 heavy (non-hydrogen) atoms. The summed E-state index contributed by atoms with van der Waals surface area (Å²) in [5, 5.41) is 13.7. The summed E-state index contributed by atoms with van der Waals surface area (Å²) in [6, 6.07) is 36.3. The van der Waals surface area contributed by atoms with Gasteiger partial charge in [-0.1, -0.05) is 78.0 Å². The van der Waals surface area contributed by atoms with Gasteiger partial charge in [-0.15, -0.1) is 0 Å². The maximum absolute atomic E-state index is 11.5. The Morgan fingerprint density at radius 2 is 1.15 bits per heavy atom. The standard InChI is InChI=1S/C19H14O4.C9H7BrO.C9H8O2.CH4/c1-12-8-19(20)23-18-10-14(6-7-16(12)18)21-11-15-9-13-4-2-3-5-17(13)22-15;2*10-6-8-5-7-3-1-2-4-9(7)11-8;/h2-10H,11H2,1H3;1-5H,6H2;1-5,10H,6H2;1H4. The van der Waals surface area contributed by atoms with Crippen LogP contribution in [0, 0.1) is 6.92 Å². The van der Waals surface area contributed by atoms with Gasteiger partial charge in [-0.05, 0) is 61.0 Å². The van der Waals surface area contributed by atoms with Crippen molar-refractivity contribution in [1.82, 2.24) is 0 Å². The van der Waals surface area contributed by atoms with Crippen molar-refractivity contribution in [3.05, 3.63) is 149 Å². The first kappa shape index (κ1) is 32.3. The lowest BCUT2D eigenvalue weighted by Crippen LogP contribution is -1.98. The van der Waals surface area contributed by atoms with Crippen molar-refractivity contribution >= 4 is 59.8 Å². The van der Waals surface area contributed by atoms with Crippen molar-refractivity contribution in [2.24, 2.45) is 0 Å². The summed E-state index contributed by atoms with van der Waals surface area (Å²) in [5.74, 6) is 2.97. The van der Waals surface area contributed by atoms with Crippen LogP contribution in [0.15, 0.2) is 138 Å². The molecule has 0 aliphatic carbocycles. The largest absolute Gasteiger partial charge is 0.486 e. The monoisotopic (exact) mass is 680 g/mol. The van der Waals surface area contributed by atoms with Crippen LogP contribution in [0.3, 0.4) is 0 Å². The third kappa shape index (κ3) is 7.59. The zero-order valence-corrected chi connectivity index (χ0v) is 26.0. The second-order valence-corrected chi connectivity index (χ2v) is 10.8. The van der Waals surface area contributed by atoms with Crippen LogP contribution in [0.5, 0.6) is 5.75 Å². The lowest BCUT2D eigenvalue weighted by atomic mass is 10.1. The molecule has 8 aromatic rings. The highest BCUT2D eigenvalue weighted by atomic mass is 79.9. The maximum atomic E-state index is 11.5. The van der Waals surface area contributed by atoms with E-state index in [1.165, 1.54) is 11.5 Å². The van der Waals surface area contributed by atoms with E-state index in [0.29, 0.717) is 23.7 Å². The molecule has 0 bridgehead atoms. The Labute approximate surface area is 273 Å². The molecule has 4 aromatic carbocycles. The van der Waals surface area contributed by atoms with Crippen LogP contribution in [-0.2, 0) is 18.5 Å². The Hall–Kier alpha value is -5.05. The number of hydrogen-bond donors (Lipinski definition) is 1. The topological polar surface area (TPSA) is 99.1 Å². The van der Waals surface area contributed by atoms with Gasteiger partial charge in [0, 0.05) is 33.7 Å². The zero-order valence-electron chi connectivity index (χ0n) is 24.4. The fraction of sp³-hybridized carbons (Fsp3) is 0.132. The molecule has 0 atom stereocenters. The van der Waals surface area contributed by atoms with Gasteiger partial charge in [0.25, 0.3) is 0 Å². The molecule has 0 amide bonds. The Morgan fingerprint density at radius 1 is 0.630 bits per heavy atom. The Balaban J connectivity index is 0.000000151. The first-order valence-electron chi connectivity index (χ1n) is 14.3. The van der Waals surface area contributed by atoms with Crippen molar-refractivity contribution in [1.29, 1.82) is 0 Å². The highest BCUT2D eigenvalue weighted by molar-refractivity contribution is 9.08. The predicted molar refractivity (Wildman–Crippen MR) is 185 cm³/mol. The summed E-state index contributed by atoms with van der Waals surface area (Å²) in [5.41, 5.74) is 3.69. The van der Waals surface area contributed by atoms with Crippen LogP contribution in [0.2, 0.25) is 0 Å². The minimum Gasteiger partial charge on any atom is -0.486 e. The molecular weight excluding hydrogens is 648 g/mol. The molecule has 1 N–H and O–H groups in total. The Kier molecular flexibility index (Phi) is 10.4. The van der Waals surface area contributed by atoms with E-state index in [1.807, 2.05) is 110 Å². The number of alkyl halides is 1. The third-order valence-electron chi connectivity index (χ3n) is 7.02. The van der Waals surface area contributed by atoms with Crippen LogP contribution in [-0.4, -0.2) is 5.11 Å². The number of hydrogen-bond acceptors (Lipinski definition) is 7. The third-order valence-corrected chi connectivity index (χ3v) is 7.57. The second-order valence-electron chi connectivity index (χ2n) is 10.2. The minimum atomic E-state index is -0.357. The number of ether oxygens (including phenoxy) is 1. The molecule has 0 fully saturated rings. The molecular formula is C38H33BrO7. The number of benzene rings is 4. The molecule has 4 aromatic heterocycles. The molecule has 0 radical (unpaired) electrons. The molecule has 0 spiro atoms. The average molecular weight is 682 g/mol. The van der Waals surface area contributed by atoms with Crippen LogP contribution in [0.25, 0.3) is 43.9 Å². The van der Waals surface area contributed by atoms with Crippen LogP contribution < -0.4 is 10.4 Å². The van der Waals surface area contributed by atoms with Crippen molar-refractivity contribution in [3.63, 3.8) is 0 Å². The lowest BCUT2D eigenvalue weighted by molar-refractivity contribution is 0.251. The number of furan rings is 3. The number of fused-ring (bicyclic) bond motifs is 4. The summed E-state index contributed by atoms with van der Waals surface area (Å²) < 4.78 is 27.4. The average Bonchev–Trinajstić information content (AvgIpc) is 3.80. The highest BCUT2D eigenvalue weighted by Gasteiger charge is 2.07. The van der Waals surface area contributed by atoms with Gasteiger partial charge < -0.3 is 27.5 Å². The predicted octanol–water partition coefficient (Wildman–Crippen LogP) is 10.3. The molecule has 0 saturated heterocycles. The molecule has 8 heteroatoms. The van der Waals surface area contributed by atoms with Gasteiger partial charge in [0.15, 0.2) is 0 Å². The molecule has 7 nitrogen and oxygen atoms in total. The lowest BCUT2D eigenvalue weighted by Gasteiger charge is -2.06. The summed E-state index contributed by atoms with van der Waals surface area (Å²) in [7, 11) is 0. The number of aliphatic hydroxyl groups excluding tert-OH is 1. The fourth-order valence-electron chi connectivity index (χ4n) is 4.87. The Morgan fingerprint density at radius 3 is 1.72 bits per heavy atom. The number of aliphatic hydroxyl groups is 1. The van der Waals surface area contributed by atoms with Gasteiger partial charge in [-0.3, -0.25) is 0 Å². The number of para-hydroxylation sites is 3. The summed E-state index contributed by atoms with van der Waals surface area (Å²) in [6.45, 7) is 2.17. The van der Waals surface area contributed by atoms with E-state index in [0.717, 1.165) is 55.3 Å². The number of aryl methyl sites for hydroxylation is 1. The first-order valence-corrected chi connectivity index (χ1v) is 15.4. The van der Waals surface area contributed by atoms with E-state index in [2.05, 4.69) is 15.9 Å². The van der Waals surface area contributed by atoms with E-state index in [1.54, 1.807) is 6.07 Å². The fourth-order valence-corrected chi connectivity index (χ4v) is 5.15. The Bertz CT molecular complexity index is 2080. The quantitative estimate of drug-likeness (QED) is 0.143. The minimum absolute atomic E-state index is 0. The van der Waals surface area contributed by atoms with Crippen LogP contribution >= 0.6 is 15.9 Å². The van der Waals surface area contributed by atoms with Gasteiger partial charge in [-0.2, -0.15) is 0 Å². The molecule has 234 valence electrons. The van der Waals surface area contributed by atoms with Crippen LogP contribution in [0.4, 0.5) is 0 Å². The van der Waals surface area contributed by atoms with E-state index in [-0.39, 0.29) is 19.7 Å². The smallest absolute Gasteiger partial charge is 0.336 e. The van der Waals surface area contributed by atoms with E-state index in [9.17, 15) is 4.79 Å². The molecule has 0 unspecified atom stereocenters. The van der Waals surface area contributed by atoms with Gasteiger partial charge in [0.1, 0.15) is 58.6 Å². The SMILES string of the molecule is BrCc1cc2ccccc2o1.C.Cc1cc(=O)oc2cc(OCc3cc4ccccc4o3)ccc12.OCc1cc2ccccc2o1.